The fourth-order valence-corrected chi connectivity index (χ4v) is 3.68. The minimum atomic E-state index is -3.52. The van der Waals surface area contributed by atoms with Crippen molar-refractivity contribution in [1.82, 2.24) is 4.90 Å². The summed E-state index contributed by atoms with van der Waals surface area (Å²) in [6.45, 7) is 2.01. The molecule has 0 bridgehead atoms. The van der Waals surface area contributed by atoms with Crippen LogP contribution < -0.4 is 5.32 Å². The Morgan fingerprint density at radius 3 is 2.57 bits per heavy atom. The molecule has 126 valence electrons. The largest absolute Gasteiger partial charge is 0.481 e. The molecule has 1 aromatic rings. The van der Waals surface area contributed by atoms with E-state index in [1.807, 2.05) is 0 Å². The molecular formula is C14H17ClN2O5S. The van der Waals surface area contributed by atoms with Gasteiger partial charge in [-0.3, -0.25) is 4.79 Å². The number of anilines is 1. The summed E-state index contributed by atoms with van der Waals surface area (Å²) in [5.74, 6) is -0.946. The smallest absolute Gasteiger partial charge is 0.321 e. The van der Waals surface area contributed by atoms with Crippen LogP contribution in [-0.2, 0) is 14.6 Å². The number of likely N-dealkylation sites (tertiary alicyclic amines) is 1. The van der Waals surface area contributed by atoms with Gasteiger partial charge in [0.15, 0.2) is 9.84 Å². The summed E-state index contributed by atoms with van der Waals surface area (Å²) in [4.78, 5) is 24.7. The highest BCUT2D eigenvalue weighted by atomic mass is 35.5. The van der Waals surface area contributed by atoms with Crippen molar-refractivity contribution in [3.05, 3.63) is 23.2 Å². The molecule has 1 unspecified atom stereocenters. The maximum absolute atomic E-state index is 12.2. The summed E-state index contributed by atoms with van der Waals surface area (Å²) >= 11 is 5.85. The first-order valence-corrected chi connectivity index (χ1v) is 9.09. The Hall–Kier alpha value is -1.80. The van der Waals surface area contributed by atoms with Crippen LogP contribution in [0.4, 0.5) is 10.5 Å². The van der Waals surface area contributed by atoms with Gasteiger partial charge in [-0.05, 0) is 31.5 Å². The second kappa shape index (κ2) is 6.01. The van der Waals surface area contributed by atoms with Gasteiger partial charge in [-0.2, -0.15) is 0 Å². The fraction of sp³-hybridized carbons (Fsp3) is 0.429. The van der Waals surface area contributed by atoms with E-state index in [0.717, 1.165) is 6.26 Å². The molecule has 1 heterocycles. The molecule has 1 aliphatic rings. The van der Waals surface area contributed by atoms with E-state index in [0.29, 0.717) is 13.0 Å². The Morgan fingerprint density at radius 1 is 1.39 bits per heavy atom. The van der Waals surface area contributed by atoms with Crippen molar-refractivity contribution in [3.63, 3.8) is 0 Å². The van der Waals surface area contributed by atoms with E-state index in [-0.39, 0.29) is 22.2 Å². The summed E-state index contributed by atoms with van der Waals surface area (Å²) < 4.78 is 23.3. The number of aliphatic carboxylic acids is 1. The zero-order chi connectivity index (χ0) is 17.4. The number of hydrogen-bond acceptors (Lipinski definition) is 4. The van der Waals surface area contributed by atoms with Crippen molar-refractivity contribution >= 4 is 39.1 Å². The number of carboxylic acids is 1. The van der Waals surface area contributed by atoms with Crippen LogP contribution in [0.15, 0.2) is 23.1 Å². The van der Waals surface area contributed by atoms with E-state index >= 15 is 0 Å². The number of carboxylic acid groups (broad SMARTS) is 1. The Bertz CT molecular complexity index is 764. The number of rotatable bonds is 3. The molecule has 0 radical (unpaired) electrons. The highest BCUT2D eigenvalue weighted by Gasteiger charge is 2.42. The second-order valence-corrected chi connectivity index (χ2v) is 8.28. The highest BCUT2D eigenvalue weighted by molar-refractivity contribution is 7.90. The molecule has 2 N–H and O–H groups in total. The molecule has 9 heteroatoms. The summed E-state index contributed by atoms with van der Waals surface area (Å²) in [6.07, 6.45) is 1.39. The summed E-state index contributed by atoms with van der Waals surface area (Å²) in [5, 5.41) is 11.8. The molecule has 0 aliphatic carbocycles. The van der Waals surface area contributed by atoms with Crippen molar-refractivity contribution in [2.45, 2.75) is 18.2 Å². The Labute approximate surface area is 139 Å². The Balaban J connectivity index is 2.15. The van der Waals surface area contributed by atoms with Crippen molar-refractivity contribution in [2.75, 3.05) is 24.7 Å². The molecule has 1 saturated heterocycles. The van der Waals surface area contributed by atoms with Crippen LogP contribution in [-0.4, -0.2) is 49.8 Å². The van der Waals surface area contributed by atoms with Crippen LogP contribution in [0.5, 0.6) is 0 Å². The van der Waals surface area contributed by atoms with Gasteiger partial charge in [-0.15, -0.1) is 0 Å². The van der Waals surface area contributed by atoms with Gasteiger partial charge >= 0.3 is 12.0 Å². The standard InChI is InChI=1S/C14H17ClN2O5S/c1-14(12(18)19)5-6-17(8-14)13(20)16-9-3-4-10(15)11(7-9)23(2,21)22/h3-4,7H,5-6,8H2,1-2H3,(H,16,20)(H,18,19). The van der Waals surface area contributed by atoms with Crippen molar-refractivity contribution in [3.8, 4) is 0 Å². The third-order valence-corrected chi connectivity index (χ3v) is 5.44. The molecular weight excluding hydrogens is 344 g/mol. The second-order valence-electron chi connectivity index (χ2n) is 5.88. The van der Waals surface area contributed by atoms with Crippen molar-refractivity contribution in [1.29, 1.82) is 0 Å². The van der Waals surface area contributed by atoms with Crippen LogP contribution >= 0.6 is 11.6 Å². The molecule has 0 spiro atoms. The van der Waals surface area contributed by atoms with Gasteiger partial charge in [0.1, 0.15) is 0 Å². The number of nitrogens with one attached hydrogen (secondary N) is 1. The lowest BCUT2D eigenvalue weighted by Gasteiger charge is -2.20. The molecule has 7 nitrogen and oxygen atoms in total. The lowest BCUT2D eigenvalue weighted by atomic mass is 9.90. The topological polar surface area (TPSA) is 104 Å². The Morgan fingerprint density at radius 2 is 2.04 bits per heavy atom. The molecule has 23 heavy (non-hydrogen) atoms. The monoisotopic (exact) mass is 360 g/mol. The van der Waals surface area contributed by atoms with Crippen LogP contribution in [0.2, 0.25) is 5.02 Å². The number of urea groups is 1. The first kappa shape index (κ1) is 17.6. The molecule has 1 aromatic carbocycles. The first-order valence-electron chi connectivity index (χ1n) is 6.82. The molecule has 2 rings (SSSR count). The van der Waals surface area contributed by atoms with Gasteiger partial charge in [0.25, 0.3) is 0 Å². The van der Waals surface area contributed by atoms with E-state index in [2.05, 4.69) is 5.32 Å². The van der Waals surface area contributed by atoms with Gasteiger partial charge < -0.3 is 15.3 Å². The van der Waals surface area contributed by atoms with Gasteiger partial charge in [-0.25, -0.2) is 13.2 Å². The van der Waals surface area contributed by atoms with Crippen LogP contribution in [0, 0.1) is 5.41 Å². The number of halogens is 1. The number of benzene rings is 1. The minimum absolute atomic E-state index is 0.0742. The number of amides is 2. The number of hydrogen-bond donors (Lipinski definition) is 2. The van der Waals surface area contributed by atoms with E-state index < -0.39 is 27.3 Å². The van der Waals surface area contributed by atoms with E-state index in [9.17, 15) is 23.1 Å². The van der Waals surface area contributed by atoms with Crippen molar-refractivity contribution < 1.29 is 23.1 Å². The third-order valence-electron chi connectivity index (χ3n) is 3.86. The summed E-state index contributed by atoms with van der Waals surface area (Å²) in [5.41, 5.74) is -0.682. The van der Waals surface area contributed by atoms with Crippen LogP contribution in [0.25, 0.3) is 0 Å². The lowest BCUT2D eigenvalue weighted by molar-refractivity contribution is -0.146. The van der Waals surface area contributed by atoms with E-state index in [1.54, 1.807) is 6.92 Å². The van der Waals surface area contributed by atoms with E-state index in [1.165, 1.54) is 23.1 Å². The Kier molecular flexibility index (Phi) is 4.59. The molecule has 1 fully saturated rings. The number of sulfone groups is 1. The van der Waals surface area contributed by atoms with Gasteiger partial charge in [-0.1, -0.05) is 11.6 Å². The van der Waals surface area contributed by atoms with Crippen molar-refractivity contribution in [2.24, 2.45) is 5.41 Å². The van der Waals surface area contributed by atoms with Gasteiger partial charge in [0.05, 0.1) is 15.3 Å². The van der Waals surface area contributed by atoms with Gasteiger partial charge in [0.2, 0.25) is 0 Å². The first-order chi connectivity index (χ1) is 10.5. The number of carbonyl (C=O) groups is 2. The average Bonchev–Trinajstić information content (AvgIpc) is 2.84. The number of carbonyl (C=O) groups excluding carboxylic acids is 1. The quantitative estimate of drug-likeness (QED) is 0.858. The molecule has 0 aromatic heterocycles. The van der Waals surface area contributed by atoms with Gasteiger partial charge in [0, 0.05) is 25.0 Å². The average molecular weight is 361 g/mol. The zero-order valence-corrected chi connectivity index (χ0v) is 14.2. The van der Waals surface area contributed by atoms with E-state index in [4.69, 9.17) is 11.6 Å². The SMILES string of the molecule is CC1(C(=O)O)CCN(C(=O)Nc2ccc(Cl)c(S(C)(=O)=O)c2)C1. The summed E-state index contributed by atoms with van der Waals surface area (Å²) in [6, 6.07) is 3.68. The summed E-state index contributed by atoms with van der Waals surface area (Å²) in [7, 11) is -3.52. The molecule has 2 amide bonds. The normalized spacial score (nSPS) is 21.3. The molecule has 0 saturated carbocycles. The maximum atomic E-state index is 12.2. The lowest BCUT2D eigenvalue weighted by Crippen LogP contribution is -2.37. The van der Waals surface area contributed by atoms with Crippen LogP contribution in [0.1, 0.15) is 13.3 Å². The number of nitrogens with zero attached hydrogens (tertiary/aromatic N) is 1. The minimum Gasteiger partial charge on any atom is -0.481 e. The fourth-order valence-electron chi connectivity index (χ4n) is 2.38. The molecule has 1 aliphatic heterocycles. The maximum Gasteiger partial charge on any atom is 0.321 e. The third kappa shape index (κ3) is 3.76. The zero-order valence-electron chi connectivity index (χ0n) is 12.7. The predicted molar refractivity (Wildman–Crippen MR) is 85.5 cm³/mol. The highest BCUT2D eigenvalue weighted by Crippen LogP contribution is 2.31. The molecule has 1 atom stereocenters. The predicted octanol–water partition coefficient (Wildman–Crippen LogP) is 2.07. The van der Waals surface area contributed by atoms with Crippen LogP contribution in [0.3, 0.4) is 0 Å².